The summed E-state index contributed by atoms with van der Waals surface area (Å²) in [4.78, 5) is 0.251. The van der Waals surface area contributed by atoms with Crippen LogP contribution < -0.4 is 0 Å². The van der Waals surface area contributed by atoms with Gasteiger partial charge in [0.25, 0.3) is 0 Å². The summed E-state index contributed by atoms with van der Waals surface area (Å²) in [6, 6.07) is 7.85. The van der Waals surface area contributed by atoms with Crippen LogP contribution in [0.4, 0.5) is 0 Å². The van der Waals surface area contributed by atoms with Crippen molar-refractivity contribution in [1.82, 2.24) is 9.46 Å². The largest absolute Gasteiger partial charge is 0.361 e. The quantitative estimate of drug-likeness (QED) is 0.833. The molecule has 1 fully saturated rings. The molecule has 0 aliphatic carbocycles. The zero-order valence-electron chi connectivity index (χ0n) is 13.1. The van der Waals surface area contributed by atoms with E-state index >= 15 is 0 Å². The van der Waals surface area contributed by atoms with Crippen molar-refractivity contribution in [2.45, 2.75) is 43.5 Å². The van der Waals surface area contributed by atoms with Crippen molar-refractivity contribution in [2.75, 3.05) is 6.54 Å². The molecule has 2 heterocycles. The van der Waals surface area contributed by atoms with E-state index in [-0.39, 0.29) is 16.9 Å². The van der Waals surface area contributed by atoms with Gasteiger partial charge < -0.3 is 4.52 Å². The monoisotopic (exact) mass is 354 g/mol. The van der Waals surface area contributed by atoms with Gasteiger partial charge in [-0.15, -0.1) is 0 Å². The average molecular weight is 355 g/mol. The number of aromatic nitrogens is 1. The first kappa shape index (κ1) is 16.5. The molecule has 1 unspecified atom stereocenters. The minimum absolute atomic E-state index is 0.221. The second-order valence-electron chi connectivity index (χ2n) is 6.04. The summed E-state index contributed by atoms with van der Waals surface area (Å²) in [6.45, 7) is 4.52. The van der Waals surface area contributed by atoms with Crippen LogP contribution in [0.2, 0.25) is 5.02 Å². The third-order valence-electron chi connectivity index (χ3n) is 4.08. The number of hydrogen-bond acceptors (Lipinski definition) is 4. The maximum Gasteiger partial charge on any atom is 0.243 e. The molecule has 0 amide bonds. The molecule has 0 radical (unpaired) electrons. The second-order valence-corrected chi connectivity index (χ2v) is 8.36. The molecule has 23 heavy (non-hydrogen) atoms. The molecule has 0 saturated carbocycles. The minimum atomic E-state index is -3.57. The lowest BCUT2D eigenvalue weighted by atomic mass is 10.1. The molecule has 1 aromatic heterocycles. The van der Waals surface area contributed by atoms with Gasteiger partial charge in [-0.05, 0) is 37.1 Å². The lowest BCUT2D eigenvalue weighted by Crippen LogP contribution is -2.30. The van der Waals surface area contributed by atoms with Gasteiger partial charge in [0.15, 0.2) is 0 Å². The fourth-order valence-electron chi connectivity index (χ4n) is 2.80. The summed E-state index contributed by atoms with van der Waals surface area (Å²) in [6.07, 6.45) is 1.55. The first-order valence-corrected chi connectivity index (χ1v) is 9.45. The Balaban J connectivity index is 1.92. The topological polar surface area (TPSA) is 63.4 Å². The Kier molecular flexibility index (Phi) is 4.49. The van der Waals surface area contributed by atoms with Crippen molar-refractivity contribution in [3.05, 3.63) is 46.8 Å². The Labute approximate surface area is 141 Å². The van der Waals surface area contributed by atoms with Gasteiger partial charge in [-0.1, -0.05) is 30.6 Å². The molecule has 7 heteroatoms. The maximum absolute atomic E-state index is 12.9. The zero-order valence-corrected chi connectivity index (χ0v) is 14.6. The van der Waals surface area contributed by atoms with Gasteiger partial charge in [-0.25, -0.2) is 8.42 Å². The summed E-state index contributed by atoms with van der Waals surface area (Å²) >= 11 is 5.85. The fraction of sp³-hybridized carbons (Fsp3) is 0.438. The number of rotatable bonds is 4. The molecule has 1 aromatic carbocycles. The molecule has 0 N–H and O–H groups in total. The van der Waals surface area contributed by atoms with E-state index in [4.69, 9.17) is 16.1 Å². The number of nitrogens with zero attached hydrogens (tertiary/aromatic N) is 2. The number of benzene rings is 1. The van der Waals surface area contributed by atoms with Gasteiger partial charge in [-0.3, -0.25) is 0 Å². The van der Waals surface area contributed by atoms with Gasteiger partial charge in [0.1, 0.15) is 11.5 Å². The molecule has 124 valence electrons. The highest BCUT2D eigenvalue weighted by Gasteiger charge is 2.37. The van der Waals surface area contributed by atoms with Crippen LogP contribution in [0.25, 0.3) is 0 Å². The molecule has 1 aliphatic rings. The van der Waals surface area contributed by atoms with Gasteiger partial charge in [0.05, 0.1) is 10.9 Å². The standard InChI is InChI=1S/C16H19ClN2O3S/c1-11(2)16-10-14(18-22-16)15-4-3-9-19(15)23(20,21)13-7-5-12(17)6-8-13/h5-8,10-11,15H,3-4,9H2,1-2H3. The molecular formula is C16H19ClN2O3S. The first-order chi connectivity index (χ1) is 10.9. The van der Waals surface area contributed by atoms with Crippen LogP contribution in [0, 0.1) is 0 Å². The lowest BCUT2D eigenvalue weighted by molar-refractivity contribution is 0.338. The van der Waals surface area contributed by atoms with Crippen LogP contribution in [0.5, 0.6) is 0 Å². The molecule has 0 bridgehead atoms. The van der Waals surface area contributed by atoms with Crippen molar-refractivity contribution >= 4 is 21.6 Å². The molecule has 1 atom stereocenters. The van der Waals surface area contributed by atoms with Gasteiger partial charge in [0, 0.05) is 23.6 Å². The van der Waals surface area contributed by atoms with Crippen LogP contribution >= 0.6 is 11.6 Å². The van der Waals surface area contributed by atoms with Gasteiger partial charge in [-0.2, -0.15) is 4.31 Å². The Morgan fingerprint density at radius 2 is 2.00 bits per heavy atom. The molecule has 3 rings (SSSR count). The predicted octanol–water partition coefficient (Wildman–Crippen LogP) is 3.98. The van der Waals surface area contributed by atoms with Gasteiger partial charge >= 0.3 is 0 Å². The van der Waals surface area contributed by atoms with Crippen molar-refractivity contribution in [1.29, 1.82) is 0 Å². The third-order valence-corrected chi connectivity index (χ3v) is 6.26. The Bertz CT molecular complexity index is 784. The summed E-state index contributed by atoms with van der Waals surface area (Å²) in [5.74, 6) is 0.995. The van der Waals surface area contributed by atoms with Crippen molar-refractivity contribution in [2.24, 2.45) is 0 Å². The average Bonchev–Trinajstić information content (AvgIpc) is 3.16. The molecule has 1 aliphatic heterocycles. The number of sulfonamides is 1. The molecule has 0 spiro atoms. The van der Waals surface area contributed by atoms with E-state index in [1.54, 1.807) is 12.1 Å². The van der Waals surface area contributed by atoms with E-state index < -0.39 is 10.0 Å². The molecule has 1 saturated heterocycles. The summed E-state index contributed by atoms with van der Waals surface area (Å²) < 4.78 is 32.6. The normalized spacial score (nSPS) is 19.6. The Hall–Kier alpha value is -1.37. The number of hydrogen-bond donors (Lipinski definition) is 0. The highest BCUT2D eigenvalue weighted by atomic mass is 35.5. The molecule has 5 nitrogen and oxygen atoms in total. The van der Waals surface area contributed by atoms with E-state index in [0.29, 0.717) is 17.3 Å². The van der Waals surface area contributed by atoms with E-state index in [2.05, 4.69) is 5.16 Å². The van der Waals surface area contributed by atoms with Crippen molar-refractivity contribution < 1.29 is 12.9 Å². The number of halogens is 1. The van der Waals surface area contributed by atoms with Crippen LogP contribution in [-0.2, 0) is 10.0 Å². The van der Waals surface area contributed by atoms with Crippen molar-refractivity contribution in [3.63, 3.8) is 0 Å². The second kappa shape index (κ2) is 6.26. The summed E-state index contributed by atoms with van der Waals surface area (Å²) in [5, 5.41) is 4.60. The molecular weight excluding hydrogens is 336 g/mol. The van der Waals surface area contributed by atoms with Crippen LogP contribution in [0.3, 0.4) is 0 Å². The van der Waals surface area contributed by atoms with E-state index in [1.165, 1.54) is 16.4 Å². The highest BCUT2D eigenvalue weighted by Crippen LogP contribution is 2.37. The predicted molar refractivity (Wildman–Crippen MR) is 87.9 cm³/mol. The smallest absolute Gasteiger partial charge is 0.243 e. The Morgan fingerprint density at radius 3 is 2.61 bits per heavy atom. The maximum atomic E-state index is 12.9. The SMILES string of the molecule is CC(C)c1cc(C2CCCN2S(=O)(=O)c2ccc(Cl)cc2)no1. The molecule has 2 aromatic rings. The van der Waals surface area contributed by atoms with E-state index in [0.717, 1.165) is 18.6 Å². The summed E-state index contributed by atoms with van der Waals surface area (Å²) in [5.41, 5.74) is 0.684. The van der Waals surface area contributed by atoms with E-state index in [1.807, 2.05) is 19.9 Å². The highest BCUT2D eigenvalue weighted by molar-refractivity contribution is 7.89. The fourth-order valence-corrected chi connectivity index (χ4v) is 4.59. The van der Waals surface area contributed by atoms with Crippen LogP contribution in [0.1, 0.15) is 50.1 Å². The third kappa shape index (κ3) is 3.16. The van der Waals surface area contributed by atoms with Crippen LogP contribution in [-0.4, -0.2) is 24.4 Å². The minimum Gasteiger partial charge on any atom is -0.361 e. The Morgan fingerprint density at radius 1 is 1.30 bits per heavy atom. The lowest BCUT2D eigenvalue weighted by Gasteiger charge is -2.22. The zero-order chi connectivity index (χ0) is 16.6. The van der Waals surface area contributed by atoms with Crippen LogP contribution in [0.15, 0.2) is 39.8 Å². The van der Waals surface area contributed by atoms with E-state index in [9.17, 15) is 8.42 Å². The van der Waals surface area contributed by atoms with Gasteiger partial charge in [0.2, 0.25) is 10.0 Å². The first-order valence-electron chi connectivity index (χ1n) is 7.63. The van der Waals surface area contributed by atoms with Crippen molar-refractivity contribution in [3.8, 4) is 0 Å². The summed E-state index contributed by atoms with van der Waals surface area (Å²) in [7, 11) is -3.57.